The van der Waals surface area contributed by atoms with Crippen molar-refractivity contribution in [1.29, 1.82) is 0 Å². The van der Waals surface area contributed by atoms with Crippen LogP contribution < -0.4 is 0 Å². The topological polar surface area (TPSA) is 17.8 Å². The number of hydrogen-bond acceptors (Lipinski definition) is 1. The van der Waals surface area contributed by atoms with Gasteiger partial charge in [-0.2, -0.15) is 0 Å². The van der Waals surface area contributed by atoms with Crippen molar-refractivity contribution in [1.82, 2.24) is 9.55 Å². The Hall–Kier alpha value is -1.83. The van der Waals surface area contributed by atoms with Crippen molar-refractivity contribution in [3.05, 3.63) is 42.1 Å². The lowest BCUT2D eigenvalue weighted by atomic mass is 10.2. The molecule has 0 aliphatic carbocycles. The van der Waals surface area contributed by atoms with Gasteiger partial charge in [-0.1, -0.05) is 25.1 Å². The number of nitrogens with zero attached hydrogens (tertiary/aromatic N) is 2. The Morgan fingerprint density at radius 2 is 2.00 bits per heavy atom. The molecule has 0 fully saturated rings. The predicted octanol–water partition coefficient (Wildman–Crippen LogP) is 4.47. The summed E-state index contributed by atoms with van der Waals surface area (Å²) in [6.07, 6.45) is 3.07. The number of rotatable bonds is 2. The molecule has 1 aromatic carbocycles. The number of pyridine rings is 1. The molecule has 2 aromatic heterocycles. The van der Waals surface area contributed by atoms with E-state index in [2.05, 4.69) is 60.7 Å². The van der Waals surface area contributed by atoms with Gasteiger partial charge in [0.2, 0.25) is 0 Å². The molecule has 3 rings (SSSR count). The quantitative estimate of drug-likeness (QED) is 0.644. The zero-order valence-corrected chi connectivity index (χ0v) is 11.1. The lowest BCUT2D eigenvalue weighted by molar-refractivity contribution is 0.559. The number of hydrogen-bond donors (Lipinski definition) is 0. The third kappa shape index (κ3) is 1.52. The second-order valence-electron chi connectivity index (χ2n) is 5.03. The van der Waals surface area contributed by atoms with Crippen LogP contribution in [0.2, 0.25) is 0 Å². The lowest BCUT2D eigenvalue weighted by Gasteiger charge is -2.13. The predicted molar refractivity (Wildman–Crippen MR) is 77.0 cm³/mol. The lowest BCUT2D eigenvalue weighted by Crippen LogP contribution is -2.04. The highest BCUT2D eigenvalue weighted by atomic mass is 15.1. The molecule has 0 saturated heterocycles. The monoisotopic (exact) mass is 238 g/mol. The van der Waals surface area contributed by atoms with Gasteiger partial charge >= 0.3 is 0 Å². The van der Waals surface area contributed by atoms with Crippen molar-refractivity contribution in [2.45, 2.75) is 33.2 Å². The van der Waals surface area contributed by atoms with Crippen LogP contribution in [-0.2, 0) is 0 Å². The van der Waals surface area contributed by atoms with Crippen LogP contribution in [0.4, 0.5) is 0 Å². The first-order valence-electron chi connectivity index (χ1n) is 6.57. The summed E-state index contributed by atoms with van der Waals surface area (Å²) in [7, 11) is 0. The van der Waals surface area contributed by atoms with Crippen molar-refractivity contribution >= 4 is 21.9 Å². The van der Waals surface area contributed by atoms with Crippen LogP contribution in [0.3, 0.4) is 0 Å². The molecule has 2 nitrogen and oxygen atoms in total. The van der Waals surface area contributed by atoms with Gasteiger partial charge in [-0.3, -0.25) is 0 Å². The van der Waals surface area contributed by atoms with E-state index in [-0.39, 0.29) is 0 Å². The summed E-state index contributed by atoms with van der Waals surface area (Å²) in [5, 5.41) is 2.58. The van der Waals surface area contributed by atoms with Crippen LogP contribution in [-0.4, -0.2) is 9.55 Å². The Bertz CT molecular complexity index is 710. The van der Waals surface area contributed by atoms with Crippen LogP contribution in [0, 0.1) is 6.92 Å². The van der Waals surface area contributed by atoms with E-state index in [9.17, 15) is 0 Å². The summed E-state index contributed by atoms with van der Waals surface area (Å²) in [4.78, 5) is 4.65. The van der Waals surface area contributed by atoms with Crippen molar-refractivity contribution in [3.8, 4) is 0 Å². The van der Waals surface area contributed by atoms with E-state index in [0.29, 0.717) is 6.04 Å². The van der Waals surface area contributed by atoms with E-state index in [1.165, 1.54) is 21.9 Å². The minimum Gasteiger partial charge on any atom is -0.322 e. The zero-order valence-electron chi connectivity index (χ0n) is 11.1. The SMILES string of the molecule is CCC(C)n1c2ccccc2c2cc(C)cnc21. The molecule has 0 aliphatic heterocycles. The highest BCUT2D eigenvalue weighted by Crippen LogP contribution is 2.31. The molecule has 0 bridgehead atoms. The molecule has 0 saturated carbocycles. The van der Waals surface area contributed by atoms with Crippen molar-refractivity contribution in [3.63, 3.8) is 0 Å². The number of para-hydroxylation sites is 1. The second-order valence-corrected chi connectivity index (χ2v) is 5.03. The third-order valence-electron chi connectivity index (χ3n) is 3.72. The van der Waals surface area contributed by atoms with Crippen LogP contribution in [0.15, 0.2) is 36.5 Å². The molecule has 1 unspecified atom stereocenters. The molecule has 0 N–H and O–H groups in total. The molecule has 0 aliphatic rings. The van der Waals surface area contributed by atoms with Crippen LogP contribution in [0.5, 0.6) is 0 Å². The molecule has 0 radical (unpaired) electrons. The Morgan fingerprint density at radius 3 is 2.78 bits per heavy atom. The van der Waals surface area contributed by atoms with Crippen molar-refractivity contribution in [2.24, 2.45) is 0 Å². The fourth-order valence-electron chi connectivity index (χ4n) is 2.61. The summed E-state index contributed by atoms with van der Waals surface area (Å²) >= 11 is 0. The van der Waals surface area contributed by atoms with Crippen molar-refractivity contribution < 1.29 is 0 Å². The minimum atomic E-state index is 0.475. The minimum absolute atomic E-state index is 0.475. The fraction of sp³-hybridized carbons (Fsp3) is 0.312. The van der Waals surface area contributed by atoms with E-state index in [1.54, 1.807) is 0 Å². The van der Waals surface area contributed by atoms with Gasteiger partial charge < -0.3 is 4.57 Å². The van der Waals surface area contributed by atoms with Gasteiger partial charge in [0, 0.05) is 23.0 Å². The largest absolute Gasteiger partial charge is 0.322 e. The Balaban J connectivity index is 2.49. The molecule has 2 heteroatoms. The van der Waals surface area contributed by atoms with E-state index < -0.39 is 0 Å². The molecule has 3 aromatic rings. The first kappa shape index (κ1) is 11.3. The first-order chi connectivity index (χ1) is 8.72. The van der Waals surface area contributed by atoms with E-state index in [1.807, 2.05) is 6.20 Å². The Kier molecular flexibility index (Phi) is 2.58. The molecule has 92 valence electrons. The molecular weight excluding hydrogens is 220 g/mol. The third-order valence-corrected chi connectivity index (χ3v) is 3.72. The Labute approximate surface area is 107 Å². The molecule has 1 atom stereocenters. The smallest absolute Gasteiger partial charge is 0.141 e. The molecule has 18 heavy (non-hydrogen) atoms. The average molecular weight is 238 g/mol. The number of aryl methyl sites for hydroxylation is 1. The number of aromatic nitrogens is 2. The zero-order chi connectivity index (χ0) is 12.7. The summed E-state index contributed by atoms with van der Waals surface area (Å²) in [5.74, 6) is 0. The highest BCUT2D eigenvalue weighted by Gasteiger charge is 2.14. The van der Waals surface area contributed by atoms with E-state index >= 15 is 0 Å². The standard InChI is InChI=1S/C16H18N2/c1-4-12(3)18-15-8-6-5-7-13(15)14-9-11(2)10-17-16(14)18/h5-10,12H,4H2,1-3H3. The normalized spacial score (nSPS) is 13.3. The van der Waals surface area contributed by atoms with E-state index in [4.69, 9.17) is 0 Å². The van der Waals surface area contributed by atoms with Gasteiger partial charge in [-0.05, 0) is 38.0 Å². The van der Waals surface area contributed by atoms with Crippen LogP contribution in [0.1, 0.15) is 31.9 Å². The first-order valence-corrected chi connectivity index (χ1v) is 6.57. The van der Waals surface area contributed by atoms with Crippen molar-refractivity contribution in [2.75, 3.05) is 0 Å². The van der Waals surface area contributed by atoms with Gasteiger partial charge in [0.1, 0.15) is 5.65 Å². The van der Waals surface area contributed by atoms with Crippen LogP contribution in [0.25, 0.3) is 21.9 Å². The highest BCUT2D eigenvalue weighted by molar-refractivity contribution is 6.06. The average Bonchev–Trinajstić information content (AvgIpc) is 2.72. The van der Waals surface area contributed by atoms with Gasteiger partial charge in [0.15, 0.2) is 0 Å². The van der Waals surface area contributed by atoms with E-state index in [0.717, 1.165) is 12.1 Å². The number of fused-ring (bicyclic) bond motifs is 3. The molecule has 0 amide bonds. The van der Waals surface area contributed by atoms with Gasteiger partial charge in [-0.15, -0.1) is 0 Å². The van der Waals surface area contributed by atoms with Gasteiger partial charge in [-0.25, -0.2) is 4.98 Å². The summed E-state index contributed by atoms with van der Waals surface area (Å²) in [5.41, 5.74) is 3.62. The van der Waals surface area contributed by atoms with Gasteiger partial charge in [0.05, 0.1) is 5.52 Å². The maximum absolute atomic E-state index is 4.65. The maximum Gasteiger partial charge on any atom is 0.141 e. The van der Waals surface area contributed by atoms with Crippen LogP contribution >= 0.6 is 0 Å². The molecular formula is C16H18N2. The Morgan fingerprint density at radius 1 is 1.22 bits per heavy atom. The number of benzene rings is 1. The summed E-state index contributed by atoms with van der Waals surface area (Å²) in [6, 6.07) is 11.3. The molecule has 0 spiro atoms. The molecule has 2 heterocycles. The maximum atomic E-state index is 4.65. The fourth-order valence-corrected chi connectivity index (χ4v) is 2.61. The second kappa shape index (κ2) is 4.13. The summed E-state index contributed by atoms with van der Waals surface area (Å²) in [6.45, 7) is 6.58. The summed E-state index contributed by atoms with van der Waals surface area (Å²) < 4.78 is 2.37. The van der Waals surface area contributed by atoms with Gasteiger partial charge in [0.25, 0.3) is 0 Å².